The molecule has 0 bridgehead atoms. The fourth-order valence-electron chi connectivity index (χ4n) is 4.61. The van der Waals surface area contributed by atoms with Crippen LogP contribution in [0.4, 0.5) is 18.9 Å². The maximum atomic E-state index is 13.9. The second-order valence-electron chi connectivity index (χ2n) is 10.4. The lowest BCUT2D eigenvalue weighted by molar-refractivity contribution is -0.138. The molecule has 2 aliphatic rings. The number of aromatic nitrogens is 2. The molecule has 1 aliphatic heterocycles. The van der Waals surface area contributed by atoms with Crippen LogP contribution in [-0.2, 0) is 28.8 Å². The molecule has 9 nitrogen and oxygen atoms in total. The van der Waals surface area contributed by atoms with Gasteiger partial charge in [0.25, 0.3) is 11.5 Å². The Kier molecular flexibility index (Phi) is 9.01. The van der Waals surface area contributed by atoms with E-state index in [1.807, 2.05) is 13.8 Å². The highest BCUT2D eigenvalue weighted by Crippen LogP contribution is 2.34. The summed E-state index contributed by atoms with van der Waals surface area (Å²) in [6, 6.07) is 8.28. The van der Waals surface area contributed by atoms with Crippen molar-refractivity contribution in [1.82, 2.24) is 14.5 Å². The average molecular weight is 575 g/mol. The number of halogens is 3. The molecule has 2 aromatic carbocycles. The fourth-order valence-corrected chi connectivity index (χ4v) is 4.61. The van der Waals surface area contributed by atoms with Crippen molar-refractivity contribution in [1.29, 1.82) is 0 Å². The number of morpholine rings is 1. The monoisotopic (exact) mass is 574 g/mol. The molecular weight excluding hydrogens is 541 g/mol. The van der Waals surface area contributed by atoms with Gasteiger partial charge in [0.2, 0.25) is 0 Å². The van der Waals surface area contributed by atoms with Crippen LogP contribution in [0.3, 0.4) is 0 Å². The van der Waals surface area contributed by atoms with Crippen molar-refractivity contribution in [2.75, 3.05) is 18.4 Å². The van der Waals surface area contributed by atoms with Gasteiger partial charge in [-0.05, 0) is 62.7 Å². The van der Waals surface area contributed by atoms with Crippen molar-refractivity contribution in [2.45, 2.75) is 71.5 Å². The largest absolute Gasteiger partial charge is 0.480 e. The Hall–Kier alpha value is -3.93. The van der Waals surface area contributed by atoms with Crippen LogP contribution < -0.4 is 10.9 Å². The average Bonchev–Trinajstić information content (AvgIpc) is 3.78. The van der Waals surface area contributed by atoms with Crippen LogP contribution in [0.1, 0.15) is 60.4 Å². The molecule has 2 atom stereocenters. The van der Waals surface area contributed by atoms with E-state index in [1.54, 1.807) is 29.2 Å². The second kappa shape index (κ2) is 12.3. The zero-order valence-corrected chi connectivity index (χ0v) is 23.1. The number of carbonyl (C=O) groups excluding carboxylic acids is 1. The fraction of sp³-hybridized carbons (Fsp3) is 0.448. The third kappa shape index (κ3) is 7.63. The molecule has 41 heavy (non-hydrogen) atoms. The summed E-state index contributed by atoms with van der Waals surface area (Å²) in [4.78, 5) is 42.6. The van der Waals surface area contributed by atoms with Crippen LogP contribution in [-0.4, -0.2) is 56.7 Å². The normalized spacial score (nSPS) is 18.4. The Bertz CT molecular complexity index is 1470. The molecule has 220 valence electrons. The number of hydrogen-bond donors (Lipinski definition) is 2. The number of carbonyl (C=O) groups is 2. The van der Waals surface area contributed by atoms with Crippen molar-refractivity contribution in [3.8, 4) is 0 Å². The summed E-state index contributed by atoms with van der Waals surface area (Å²) >= 11 is 0. The van der Waals surface area contributed by atoms with E-state index in [0.717, 1.165) is 16.7 Å². The number of alkyl halides is 3. The maximum absolute atomic E-state index is 13.9. The topological polar surface area (TPSA) is 114 Å². The van der Waals surface area contributed by atoms with Crippen LogP contribution in [0, 0.1) is 6.92 Å². The van der Waals surface area contributed by atoms with Gasteiger partial charge in [-0.2, -0.15) is 13.2 Å². The minimum absolute atomic E-state index is 0.000435. The lowest BCUT2D eigenvalue weighted by Gasteiger charge is -2.35. The first kappa shape index (κ1) is 30.0. The number of nitrogens with one attached hydrogen (secondary N) is 1. The number of hydrogen-bond acceptors (Lipinski definition) is 6. The van der Waals surface area contributed by atoms with E-state index in [1.165, 1.54) is 26.2 Å². The predicted molar refractivity (Wildman–Crippen MR) is 147 cm³/mol. The number of aliphatic carboxylic acids is 1. The van der Waals surface area contributed by atoms with E-state index in [-0.39, 0.29) is 47.0 Å². The number of fused-ring (bicyclic) bond motifs is 1. The highest BCUT2D eigenvalue weighted by Gasteiger charge is 2.34. The summed E-state index contributed by atoms with van der Waals surface area (Å²) in [6.07, 6.45) is -0.374. The molecule has 2 N–H and O–H groups in total. The minimum Gasteiger partial charge on any atom is -0.480 e. The summed E-state index contributed by atoms with van der Waals surface area (Å²) in [7, 11) is 0. The van der Waals surface area contributed by atoms with Gasteiger partial charge in [-0.15, -0.1) is 0 Å². The number of anilines is 1. The number of carboxylic acid groups (broad SMARTS) is 1. The predicted octanol–water partition coefficient (Wildman–Crippen LogP) is 4.84. The van der Waals surface area contributed by atoms with Gasteiger partial charge in [-0.25, -0.2) is 4.98 Å². The molecule has 5 rings (SSSR count). The molecule has 2 heterocycles. The number of ether oxygens (including phenoxy) is 1. The van der Waals surface area contributed by atoms with Crippen LogP contribution in [0.15, 0.2) is 41.2 Å². The van der Waals surface area contributed by atoms with Gasteiger partial charge in [-0.1, -0.05) is 19.3 Å². The molecule has 0 radical (unpaired) electrons. The molecule has 0 spiro atoms. The molecule has 2 unspecified atom stereocenters. The Morgan fingerprint density at radius 1 is 1.07 bits per heavy atom. The van der Waals surface area contributed by atoms with Gasteiger partial charge in [0.1, 0.15) is 12.4 Å². The third-order valence-electron chi connectivity index (χ3n) is 6.64. The summed E-state index contributed by atoms with van der Waals surface area (Å²) in [6.45, 7) is 5.15. The van der Waals surface area contributed by atoms with E-state index < -0.39 is 29.8 Å². The van der Waals surface area contributed by atoms with Gasteiger partial charge in [0.05, 0.1) is 28.7 Å². The first-order valence-corrected chi connectivity index (χ1v) is 13.4. The number of carboxylic acids is 1. The first-order chi connectivity index (χ1) is 19.3. The van der Waals surface area contributed by atoms with Gasteiger partial charge in [0.15, 0.2) is 0 Å². The summed E-state index contributed by atoms with van der Waals surface area (Å²) in [5, 5.41) is 11.9. The molecule has 1 amide bonds. The van der Waals surface area contributed by atoms with Crippen molar-refractivity contribution >= 4 is 28.5 Å². The van der Waals surface area contributed by atoms with Crippen LogP contribution in [0.25, 0.3) is 10.9 Å². The molecule has 1 saturated carbocycles. The van der Waals surface area contributed by atoms with Crippen molar-refractivity contribution in [3.63, 3.8) is 0 Å². The molecule has 12 heteroatoms. The second-order valence-corrected chi connectivity index (χ2v) is 10.4. The number of aryl methyl sites for hydroxylation is 1. The van der Waals surface area contributed by atoms with Gasteiger partial charge < -0.3 is 20.1 Å². The van der Waals surface area contributed by atoms with Crippen molar-refractivity contribution in [3.05, 3.63) is 69.3 Å². The minimum atomic E-state index is -4.71. The van der Waals surface area contributed by atoms with Crippen LogP contribution in [0.2, 0.25) is 0 Å². The Morgan fingerprint density at radius 2 is 1.68 bits per heavy atom. The SMILES string of the molecule is C1CC1.Cc1nc2cc(C(F)(F)F)c(CNc3ccc(C(=O)N4CC(C)OC(C)C4)cc3)cc2c(=O)n1CC(=O)O. The number of rotatable bonds is 6. The Labute approximate surface area is 234 Å². The van der Waals surface area contributed by atoms with Crippen molar-refractivity contribution in [2.24, 2.45) is 0 Å². The van der Waals surface area contributed by atoms with Crippen molar-refractivity contribution < 1.29 is 32.6 Å². The van der Waals surface area contributed by atoms with E-state index in [2.05, 4.69) is 10.3 Å². The number of nitrogens with zero attached hydrogens (tertiary/aromatic N) is 3. The quantitative estimate of drug-likeness (QED) is 0.433. The number of benzene rings is 2. The zero-order valence-electron chi connectivity index (χ0n) is 23.1. The maximum Gasteiger partial charge on any atom is 0.416 e. The summed E-state index contributed by atoms with van der Waals surface area (Å²) < 4.78 is 48.1. The summed E-state index contributed by atoms with van der Waals surface area (Å²) in [5.74, 6) is -1.43. The van der Waals surface area contributed by atoms with Gasteiger partial charge >= 0.3 is 12.1 Å². The molecule has 3 aromatic rings. The van der Waals surface area contributed by atoms with E-state index in [4.69, 9.17) is 9.84 Å². The summed E-state index contributed by atoms with van der Waals surface area (Å²) in [5.41, 5.74) is -1.14. The lowest BCUT2D eigenvalue weighted by Crippen LogP contribution is -2.48. The molecule has 1 saturated heterocycles. The van der Waals surface area contributed by atoms with Gasteiger partial charge in [0, 0.05) is 30.9 Å². The first-order valence-electron chi connectivity index (χ1n) is 13.4. The highest BCUT2D eigenvalue weighted by atomic mass is 19.4. The van der Waals surface area contributed by atoms with E-state index in [9.17, 15) is 27.6 Å². The van der Waals surface area contributed by atoms with E-state index >= 15 is 0 Å². The van der Waals surface area contributed by atoms with Gasteiger partial charge in [-0.3, -0.25) is 19.0 Å². The lowest BCUT2D eigenvalue weighted by atomic mass is 10.0. The molecule has 2 fully saturated rings. The Morgan fingerprint density at radius 3 is 2.22 bits per heavy atom. The third-order valence-corrected chi connectivity index (χ3v) is 6.64. The molecule has 1 aromatic heterocycles. The smallest absolute Gasteiger partial charge is 0.416 e. The standard InChI is InChI=1S/C26H27F3N4O5.C3H6/c1-14-11-32(12-15(2)38-14)24(36)17-4-6-19(7-5-17)30-10-18-8-20-22(9-21(18)26(27,28)29)31-16(3)33(25(20)37)13-23(34)35;1-2-3-1/h4-9,14-15,30H,10-13H2,1-3H3,(H,34,35);1-3H2. The zero-order chi connectivity index (χ0) is 29.9. The van der Waals surface area contributed by atoms with Crippen LogP contribution >= 0.6 is 0 Å². The van der Waals surface area contributed by atoms with Crippen LogP contribution in [0.5, 0.6) is 0 Å². The molecule has 1 aliphatic carbocycles. The number of amides is 1. The van der Waals surface area contributed by atoms with E-state index in [0.29, 0.717) is 24.3 Å². The highest BCUT2D eigenvalue weighted by molar-refractivity contribution is 5.94. The Balaban J connectivity index is 0.00000121. The molecular formula is C29H33F3N4O5.